The molecule has 0 spiro atoms. The monoisotopic (exact) mass is 406 g/mol. The molecule has 1 aliphatic heterocycles. The fraction of sp³-hybridized carbons (Fsp3) is 0.300. The summed E-state index contributed by atoms with van der Waals surface area (Å²) in [6, 6.07) is 11.6. The van der Waals surface area contributed by atoms with E-state index in [4.69, 9.17) is 9.47 Å². The Bertz CT molecular complexity index is 891. The van der Waals surface area contributed by atoms with Gasteiger partial charge in [0.1, 0.15) is 5.75 Å². The first-order valence-electron chi connectivity index (χ1n) is 8.91. The van der Waals surface area contributed by atoms with Crippen molar-refractivity contribution in [2.75, 3.05) is 19.0 Å². The number of anilines is 1. The van der Waals surface area contributed by atoms with Crippen molar-refractivity contribution in [1.82, 2.24) is 5.32 Å². The molecule has 0 aliphatic carbocycles. The highest BCUT2D eigenvalue weighted by atomic mass is 19.3. The Morgan fingerprint density at radius 2 is 2.03 bits per heavy atom. The van der Waals surface area contributed by atoms with Gasteiger partial charge in [-0.2, -0.15) is 8.78 Å². The smallest absolute Gasteiger partial charge is 0.387 e. The lowest BCUT2D eigenvalue weighted by molar-refractivity contribution is -0.130. The standard InChI is InChI=1S/C20H20F2N2O5/c1-27-16-10-12(6-7-15(16)29-20(21)22)8-9-23-18(25)11-17-19(26)24-13-4-2-3-5-14(13)28-17/h2-7,10,17,20H,8-9,11H2,1H3,(H,23,25)(H,24,26)/t17-/m1/s1. The summed E-state index contributed by atoms with van der Waals surface area (Å²) < 4.78 is 39.7. The Morgan fingerprint density at radius 1 is 1.24 bits per heavy atom. The predicted octanol–water partition coefficient (Wildman–Crippen LogP) is 2.75. The molecule has 7 nitrogen and oxygen atoms in total. The molecular formula is C20H20F2N2O5. The lowest BCUT2D eigenvalue weighted by Gasteiger charge is -2.25. The molecule has 9 heteroatoms. The van der Waals surface area contributed by atoms with Gasteiger partial charge in [0.15, 0.2) is 17.6 Å². The van der Waals surface area contributed by atoms with Crippen molar-refractivity contribution >= 4 is 17.5 Å². The van der Waals surface area contributed by atoms with Crippen LogP contribution in [0.1, 0.15) is 12.0 Å². The van der Waals surface area contributed by atoms with Crippen molar-refractivity contribution in [3.05, 3.63) is 48.0 Å². The second kappa shape index (κ2) is 9.22. The van der Waals surface area contributed by atoms with E-state index in [2.05, 4.69) is 15.4 Å². The second-order valence-electron chi connectivity index (χ2n) is 6.26. The molecule has 1 atom stereocenters. The Morgan fingerprint density at radius 3 is 2.79 bits per heavy atom. The van der Waals surface area contributed by atoms with Crippen molar-refractivity contribution in [1.29, 1.82) is 0 Å². The average Bonchev–Trinajstić information content (AvgIpc) is 2.69. The molecule has 0 saturated carbocycles. The van der Waals surface area contributed by atoms with Crippen LogP contribution in [0, 0.1) is 0 Å². The molecule has 0 fully saturated rings. The van der Waals surface area contributed by atoms with Gasteiger partial charge < -0.3 is 24.8 Å². The minimum absolute atomic E-state index is 0.0592. The van der Waals surface area contributed by atoms with E-state index in [1.54, 1.807) is 36.4 Å². The number of hydrogen-bond donors (Lipinski definition) is 2. The van der Waals surface area contributed by atoms with Crippen molar-refractivity contribution in [2.45, 2.75) is 25.6 Å². The summed E-state index contributed by atoms with van der Waals surface area (Å²) in [4.78, 5) is 24.2. The molecule has 0 aromatic heterocycles. The molecule has 0 bridgehead atoms. The maximum atomic E-state index is 12.4. The number of hydrogen-bond acceptors (Lipinski definition) is 5. The number of fused-ring (bicyclic) bond motifs is 1. The van der Waals surface area contributed by atoms with Crippen molar-refractivity contribution in [3.63, 3.8) is 0 Å². The van der Waals surface area contributed by atoms with Crippen LogP contribution in [-0.4, -0.2) is 38.2 Å². The van der Waals surface area contributed by atoms with Gasteiger partial charge in [0.25, 0.3) is 5.91 Å². The van der Waals surface area contributed by atoms with Gasteiger partial charge in [0, 0.05) is 6.54 Å². The number of carbonyl (C=O) groups is 2. The van der Waals surface area contributed by atoms with E-state index in [-0.39, 0.29) is 29.7 Å². The number of halogens is 2. The zero-order chi connectivity index (χ0) is 20.8. The van der Waals surface area contributed by atoms with Gasteiger partial charge >= 0.3 is 6.61 Å². The Labute approximate surface area is 165 Å². The van der Waals surface area contributed by atoms with Gasteiger partial charge in [-0.05, 0) is 36.2 Å². The summed E-state index contributed by atoms with van der Waals surface area (Å²) in [5.41, 5.74) is 1.34. The minimum Gasteiger partial charge on any atom is -0.493 e. The van der Waals surface area contributed by atoms with Crippen molar-refractivity contribution in [2.24, 2.45) is 0 Å². The third kappa shape index (κ3) is 5.34. The van der Waals surface area contributed by atoms with E-state index < -0.39 is 12.7 Å². The number of para-hydroxylation sites is 2. The molecule has 1 aliphatic rings. The highest BCUT2D eigenvalue weighted by Crippen LogP contribution is 2.30. The molecule has 2 amide bonds. The summed E-state index contributed by atoms with van der Waals surface area (Å²) in [7, 11) is 1.35. The third-order valence-electron chi connectivity index (χ3n) is 4.26. The summed E-state index contributed by atoms with van der Waals surface area (Å²) in [6.07, 6.45) is -0.585. The van der Waals surface area contributed by atoms with E-state index in [0.717, 1.165) is 5.56 Å². The molecule has 3 rings (SSSR count). The van der Waals surface area contributed by atoms with Crippen LogP contribution in [0.25, 0.3) is 0 Å². The fourth-order valence-electron chi connectivity index (χ4n) is 2.87. The first kappa shape index (κ1) is 20.4. The van der Waals surface area contributed by atoms with Crippen LogP contribution in [0.4, 0.5) is 14.5 Å². The molecule has 2 aromatic rings. The van der Waals surface area contributed by atoms with Crippen molar-refractivity contribution in [3.8, 4) is 17.2 Å². The topological polar surface area (TPSA) is 85.9 Å². The number of nitrogens with one attached hydrogen (secondary N) is 2. The summed E-state index contributed by atoms with van der Waals surface area (Å²) >= 11 is 0. The van der Waals surface area contributed by atoms with Gasteiger partial charge in [0.2, 0.25) is 5.91 Å². The predicted molar refractivity (Wildman–Crippen MR) is 100 cm³/mol. The number of rotatable bonds is 8. The second-order valence-corrected chi connectivity index (χ2v) is 6.26. The third-order valence-corrected chi connectivity index (χ3v) is 4.26. The fourth-order valence-corrected chi connectivity index (χ4v) is 2.87. The lowest BCUT2D eigenvalue weighted by Crippen LogP contribution is -2.41. The molecule has 0 radical (unpaired) electrons. The van der Waals surface area contributed by atoms with Gasteiger partial charge in [0.05, 0.1) is 19.2 Å². The molecule has 0 unspecified atom stereocenters. The Hall–Kier alpha value is -3.36. The number of methoxy groups -OCH3 is 1. The van der Waals surface area contributed by atoms with Crippen LogP contribution in [0.15, 0.2) is 42.5 Å². The Kier molecular flexibility index (Phi) is 6.48. The molecular weight excluding hydrogens is 386 g/mol. The quantitative estimate of drug-likeness (QED) is 0.704. The molecule has 1 heterocycles. The average molecular weight is 406 g/mol. The minimum atomic E-state index is -2.94. The highest BCUT2D eigenvalue weighted by molar-refractivity contribution is 5.99. The summed E-state index contributed by atoms with van der Waals surface area (Å²) in [5.74, 6) is -0.0773. The molecule has 2 aromatic carbocycles. The van der Waals surface area contributed by atoms with Gasteiger partial charge in [-0.15, -0.1) is 0 Å². The first-order valence-corrected chi connectivity index (χ1v) is 8.91. The maximum Gasteiger partial charge on any atom is 0.387 e. The lowest BCUT2D eigenvalue weighted by atomic mass is 10.1. The molecule has 2 N–H and O–H groups in total. The van der Waals surface area contributed by atoms with E-state index in [9.17, 15) is 18.4 Å². The van der Waals surface area contributed by atoms with E-state index in [0.29, 0.717) is 24.4 Å². The number of amides is 2. The first-order chi connectivity index (χ1) is 14.0. The van der Waals surface area contributed by atoms with Crippen LogP contribution < -0.4 is 24.8 Å². The van der Waals surface area contributed by atoms with Gasteiger partial charge in [-0.1, -0.05) is 18.2 Å². The van der Waals surface area contributed by atoms with Gasteiger partial charge in [-0.3, -0.25) is 9.59 Å². The Balaban J connectivity index is 1.49. The molecule has 154 valence electrons. The summed E-state index contributed by atoms with van der Waals surface area (Å²) in [5, 5.41) is 5.42. The van der Waals surface area contributed by atoms with Crippen LogP contribution in [0.2, 0.25) is 0 Å². The molecule has 0 saturated heterocycles. The number of carbonyl (C=O) groups excluding carboxylic acids is 2. The largest absolute Gasteiger partial charge is 0.493 e. The van der Waals surface area contributed by atoms with Crippen molar-refractivity contribution < 1.29 is 32.6 Å². The summed E-state index contributed by atoms with van der Waals surface area (Å²) in [6.45, 7) is -2.65. The van der Waals surface area contributed by atoms with E-state index in [1.165, 1.54) is 13.2 Å². The van der Waals surface area contributed by atoms with Gasteiger partial charge in [-0.25, -0.2) is 0 Å². The SMILES string of the molecule is COc1cc(CCNC(=O)C[C@H]2Oc3ccccc3NC2=O)ccc1OC(F)F. The van der Waals surface area contributed by atoms with Crippen LogP contribution in [0.5, 0.6) is 17.2 Å². The maximum absolute atomic E-state index is 12.4. The zero-order valence-corrected chi connectivity index (χ0v) is 15.6. The molecule has 29 heavy (non-hydrogen) atoms. The zero-order valence-electron chi connectivity index (χ0n) is 15.6. The van der Waals surface area contributed by atoms with Crippen LogP contribution in [-0.2, 0) is 16.0 Å². The van der Waals surface area contributed by atoms with E-state index in [1.807, 2.05) is 0 Å². The number of benzene rings is 2. The number of ether oxygens (including phenoxy) is 3. The van der Waals surface area contributed by atoms with Crippen LogP contribution in [0.3, 0.4) is 0 Å². The van der Waals surface area contributed by atoms with Crippen LogP contribution >= 0.6 is 0 Å². The highest BCUT2D eigenvalue weighted by Gasteiger charge is 2.29. The number of alkyl halides is 2. The normalized spacial score (nSPS) is 15.2. The van der Waals surface area contributed by atoms with E-state index >= 15 is 0 Å².